The quantitative estimate of drug-likeness (QED) is 0.337. The van der Waals surface area contributed by atoms with E-state index in [0.29, 0.717) is 30.8 Å². The summed E-state index contributed by atoms with van der Waals surface area (Å²) < 4.78 is 5.29. The Balaban J connectivity index is 2.52. The number of methoxy groups -OCH3 is 1. The minimum Gasteiger partial charge on any atom is -0.507 e. The summed E-state index contributed by atoms with van der Waals surface area (Å²) in [7, 11) is 1.62. The van der Waals surface area contributed by atoms with E-state index in [9.17, 15) is 15.0 Å². The van der Waals surface area contributed by atoms with Crippen molar-refractivity contribution in [3.05, 3.63) is 58.2 Å². The van der Waals surface area contributed by atoms with Crippen LogP contribution in [0.5, 0.6) is 11.5 Å². The number of hydrogen-bond donors (Lipinski definition) is 2. The van der Waals surface area contributed by atoms with Gasteiger partial charge in [0.2, 0.25) is 0 Å². The zero-order valence-electron chi connectivity index (χ0n) is 21.0. The number of allylic oxidation sites excluding steroid dienone is 4. The summed E-state index contributed by atoms with van der Waals surface area (Å²) in [4.78, 5) is 12.1. The molecule has 1 aromatic carbocycles. The van der Waals surface area contributed by atoms with Crippen molar-refractivity contribution in [2.45, 2.75) is 86.2 Å². The van der Waals surface area contributed by atoms with Crippen molar-refractivity contribution in [3.63, 3.8) is 0 Å². The van der Waals surface area contributed by atoms with E-state index in [2.05, 4.69) is 0 Å². The Morgan fingerprint density at radius 3 is 2.44 bits per heavy atom. The molecule has 0 aliphatic heterocycles. The number of hydrogen-bond acceptors (Lipinski definition) is 4. The maximum atomic E-state index is 12.1. The Morgan fingerprint density at radius 2 is 1.81 bits per heavy atom. The summed E-state index contributed by atoms with van der Waals surface area (Å²) in [6.07, 6.45) is 9.78. The highest BCUT2D eigenvalue weighted by atomic mass is 16.5. The highest BCUT2D eigenvalue weighted by Crippen LogP contribution is 2.28. The molecule has 0 saturated carbocycles. The number of carbonyl (C=O) groups excluding carboxylic acids is 1. The van der Waals surface area contributed by atoms with Gasteiger partial charge in [0.25, 0.3) is 0 Å². The van der Waals surface area contributed by atoms with Crippen LogP contribution in [0.4, 0.5) is 0 Å². The summed E-state index contributed by atoms with van der Waals surface area (Å²) in [6, 6.07) is 3.66. The maximum Gasteiger partial charge on any atom is 0.139 e. The fraction of sp³-hybridized carbons (Fsp3) is 0.536. The van der Waals surface area contributed by atoms with Crippen molar-refractivity contribution >= 4 is 5.78 Å². The topological polar surface area (TPSA) is 66.8 Å². The molecule has 0 spiro atoms. The summed E-state index contributed by atoms with van der Waals surface area (Å²) in [5.74, 6) is 1.39. The van der Waals surface area contributed by atoms with Crippen LogP contribution >= 0.6 is 0 Å². The van der Waals surface area contributed by atoms with Crippen LogP contribution in [-0.2, 0) is 11.2 Å². The molecule has 2 atom stereocenters. The number of ketones is 1. The van der Waals surface area contributed by atoms with E-state index < -0.39 is 6.10 Å². The van der Waals surface area contributed by atoms with Crippen LogP contribution in [0.2, 0.25) is 0 Å². The third-order valence-electron chi connectivity index (χ3n) is 5.74. The lowest BCUT2D eigenvalue weighted by molar-refractivity contribution is -0.121. The van der Waals surface area contributed by atoms with Gasteiger partial charge in [0.1, 0.15) is 17.3 Å². The average Bonchev–Trinajstić information content (AvgIpc) is 2.72. The van der Waals surface area contributed by atoms with Crippen LogP contribution in [0, 0.1) is 12.8 Å². The molecule has 2 N–H and O–H groups in total. The van der Waals surface area contributed by atoms with Crippen molar-refractivity contribution in [2.75, 3.05) is 7.11 Å². The lowest BCUT2D eigenvalue weighted by atomic mass is 9.95. The van der Waals surface area contributed by atoms with Gasteiger partial charge in [0.05, 0.1) is 13.2 Å². The van der Waals surface area contributed by atoms with Crippen molar-refractivity contribution in [2.24, 2.45) is 5.92 Å². The van der Waals surface area contributed by atoms with E-state index in [0.717, 1.165) is 47.3 Å². The Kier molecular flexibility index (Phi) is 12.1. The number of aryl methyl sites for hydroxylation is 1. The highest BCUT2D eigenvalue weighted by molar-refractivity contribution is 5.82. The fourth-order valence-corrected chi connectivity index (χ4v) is 3.61. The molecule has 0 aliphatic carbocycles. The number of aromatic hydroxyl groups is 1. The minimum absolute atomic E-state index is 0.0742. The van der Waals surface area contributed by atoms with E-state index in [1.807, 2.05) is 71.9 Å². The van der Waals surface area contributed by atoms with Gasteiger partial charge in [-0.05, 0) is 84.4 Å². The van der Waals surface area contributed by atoms with Gasteiger partial charge in [-0.1, -0.05) is 41.9 Å². The molecule has 0 fully saturated rings. The Hall–Kier alpha value is -2.33. The average molecular weight is 443 g/mol. The molecule has 0 bridgehead atoms. The van der Waals surface area contributed by atoms with Gasteiger partial charge in [0, 0.05) is 17.9 Å². The number of rotatable bonds is 13. The van der Waals surface area contributed by atoms with E-state index in [1.165, 1.54) is 5.57 Å². The smallest absolute Gasteiger partial charge is 0.139 e. The maximum absolute atomic E-state index is 12.1. The molecule has 0 radical (unpaired) electrons. The van der Waals surface area contributed by atoms with E-state index in [-0.39, 0.29) is 5.92 Å². The molecule has 0 saturated heterocycles. The van der Waals surface area contributed by atoms with Gasteiger partial charge in [-0.3, -0.25) is 4.79 Å². The van der Waals surface area contributed by atoms with Gasteiger partial charge < -0.3 is 14.9 Å². The first-order chi connectivity index (χ1) is 15.0. The molecule has 4 heteroatoms. The van der Waals surface area contributed by atoms with Gasteiger partial charge in [-0.15, -0.1) is 0 Å². The van der Waals surface area contributed by atoms with E-state index >= 15 is 0 Å². The van der Waals surface area contributed by atoms with Crippen LogP contribution in [0.25, 0.3) is 0 Å². The van der Waals surface area contributed by atoms with Crippen molar-refractivity contribution in [3.8, 4) is 11.5 Å². The van der Waals surface area contributed by atoms with Crippen LogP contribution < -0.4 is 4.74 Å². The van der Waals surface area contributed by atoms with Crippen LogP contribution in [0.3, 0.4) is 0 Å². The number of aliphatic hydroxyl groups excluding tert-OH is 1. The number of aliphatic hydroxyl groups is 1. The lowest BCUT2D eigenvalue weighted by Crippen LogP contribution is -2.10. The van der Waals surface area contributed by atoms with E-state index in [1.54, 1.807) is 7.11 Å². The Morgan fingerprint density at radius 1 is 1.12 bits per heavy atom. The zero-order valence-corrected chi connectivity index (χ0v) is 21.0. The fourth-order valence-electron chi connectivity index (χ4n) is 3.61. The van der Waals surface area contributed by atoms with Crippen molar-refractivity contribution < 1.29 is 19.7 Å². The summed E-state index contributed by atoms with van der Waals surface area (Å²) in [6.45, 7) is 11.9. The van der Waals surface area contributed by atoms with Gasteiger partial charge in [0.15, 0.2) is 0 Å². The number of carbonyl (C=O) groups is 1. The summed E-state index contributed by atoms with van der Waals surface area (Å²) in [5.41, 5.74) is 5.00. The molecule has 0 aliphatic rings. The largest absolute Gasteiger partial charge is 0.507 e. The molecular formula is C28H42O4. The van der Waals surface area contributed by atoms with Crippen LogP contribution in [-0.4, -0.2) is 29.2 Å². The third kappa shape index (κ3) is 10.3. The number of Topliss-reactive ketones (excluding diaryl/α,β-unsaturated/α-hetero) is 1. The lowest BCUT2D eigenvalue weighted by Gasteiger charge is -2.12. The van der Waals surface area contributed by atoms with Crippen molar-refractivity contribution in [1.29, 1.82) is 0 Å². The second-order valence-electron chi connectivity index (χ2n) is 9.24. The normalized spacial score (nSPS) is 14.1. The Bertz CT molecular complexity index is 841. The molecule has 32 heavy (non-hydrogen) atoms. The first kappa shape index (κ1) is 27.7. The second kappa shape index (κ2) is 13.9. The van der Waals surface area contributed by atoms with E-state index in [4.69, 9.17) is 4.74 Å². The van der Waals surface area contributed by atoms with Crippen molar-refractivity contribution in [1.82, 2.24) is 0 Å². The monoisotopic (exact) mass is 442 g/mol. The SMILES string of the molecule is COc1cc(C)c(O)c(CC=C(C)CC(O)C=C(C)CCCC(C)C(=O)CC=C(C)C)c1. The molecule has 4 nitrogen and oxygen atoms in total. The van der Waals surface area contributed by atoms with Gasteiger partial charge >= 0.3 is 0 Å². The highest BCUT2D eigenvalue weighted by Gasteiger charge is 2.12. The molecule has 178 valence electrons. The standard InChI is InChI=1S/C28H42O4/c1-19(2)11-14-27(30)22(5)10-8-9-20(3)15-25(29)16-21(4)12-13-24-18-26(32-7)17-23(6)28(24)31/h11-12,15,17-18,22,25,29,31H,8-10,13-14,16H2,1-7H3. The summed E-state index contributed by atoms with van der Waals surface area (Å²) in [5, 5.41) is 20.7. The number of benzene rings is 1. The van der Waals surface area contributed by atoms with Crippen LogP contribution in [0.15, 0.2) is 47.1 Å². The number of phenols is 1. The molecule has 1 rings (SSSR count). The minimum atomic E-state index is -0.538. The predicted molar refractivity (Wildman–Crippen MR) is 133 cm³/mol. The summed E-state index contributed by atoms with van der Waals surface area (Å²) >= 11 is 0. The molecule has 0 heterocycles. The first-order valence-corrected chi connectivity index (χ1v) is 11.6. The molecule has 1 aromatic rings. The third-order valence-corrected chi connectivity index (χ3v) is 5.74. The van der Waals surface area contributed by atoms with Gasteiger partial charge in [-0.2, -0.15) is 0 Å². The number of phenolic OH excluding ortho intramolecular Hbond substituents is 1. The molecule has 0 amide bonds. The molecule has 0 aromatic heterocycles. The second-order valence-corrected chi connectivity index (χ2v) is 9.24. The Labute approximate surface area is 194 Å². The molecular weight excluding hydrogens is 400 g/mol. The molecule has 2 unspecified atom stereocenters. The van der Waals surface area contributed by atoms with Gasteiger partial charge in [-0.25, -0.2) is 0 Å². The zero-order chi connectivity index (χ0) is 24.3. The van der Waals surface area contributed by atoms with Crippen LogP contribution in [0.1, 0.15) is 77.8 Å². The first-order valence-electron chi connectivity index (χ1n) is 11.6. The number of ether oxygens (including phenoxy) is 1. The predicted octanol–water partition coefficient (Wildman–Crippen LogP) is 6.63.